The number of rotatable bonds is 2. The lowest BCUT2D eigenvalue weighted by molar-refractivity contribution is -0.0884. The van der Waals surface area contributed by atoms with Crippen molar-refractivity contribution in [3.8, 4) is 5.75 Å². The Labute approximate surface area is 101 Å². The summed E-state index contributed by atoms with van der Waals surface area (Å²) in [6.07, 6.45) is -3.70. The van der Waals surface area contributed by atoms with E-state index in [-0.39, 0.29) is 10.9 Å². The number of alkyl halides is 3. The molecule has 0 radical (unpaired) electrons. The Balaban J connectivity index is 2.68. The van der Waals surface area contributed by atoms with Crippen LogP contribution in [0.1, 0.15) is 10.4 Å². The van der Waals surface area contributed by atoms with Gasteiger partial charge in [-0.05, 0) is 18.2 Å². The van der Waals surface area contributed by atoms with E-state index in [9.17, 15) is 18.0 Å². The topological polar surface area (TPSA) is 31.2 Å². The number of hydrogen-bond donors (Lipinski definition) is 0. The van der Waals surface area contributed by atoms with E-state index < -0.39 is 12.0 Å². The number of halogens is 3. The van der Waals surface area contributed by atoms with Crippen molar-refractivity contribution in [3.05, 3.63) is 30.0 Å². The third-order valence-corrected chi connectivity index (χ3v) is 2.70. The number of hydrogen-bond acceptors (Lipinski definition) is 2. The van der Waals surface area contributed by atoms with Gasteiger partial charge in [0.05, 0.1) is 12.7 Å². The van der Waals surface area contributed by atoms with E-state index in [1.165, 1.54) is 23.9 Å². The highest BCUT2D eigenvalue weighted by Gasteiger charge is 2.40. The summed E-state index contributed by atoms with van der Waals surface area (Å²) in [6.45, 7) is 0. The second kappa shape index (κ2) is 4.04. The smallest absolute Gasteiger partial charge is 0.454 e. The quantitative estimate of drug-likeness (QED) is 0.774. The molecule has 0 atom stereocenters. The van der Waals surface area contributed by atoms with E-state index in [1.54, 1.807) is 19.2 Å². The first kappa shape index (κ1) is 12.5. The average molecular weight is 257 g/mol. The van der Waals surface area contributed by atoms with Crippen LogP contribution in [0.4, 0.5) is 13.2 Å². The van der Waals surface area contributed by atoms with Crippen molar-refractivity contribution in [2.45, 2.75) is 6.18 Å². The Morgan fingerprint density at radius 1 is 1.33 bits per heavy atom. The summed E-state index contributed by atoms with van der Waals surface area (Å²) in [5, 5.41) is 0.235. The summed E-state index contributed by atoms with van der Waals surface area (Å²) in [5.41, 5.74) is 0.183. The van der Waals surface area contributed by atoms with Crippen molar-refractivity contribution in [1.82, 2.24) is 4.57 Å². The number of Topliss-reactive ketones (excluding diaryl/α,β-unsaturated/α-hetero) is 1. The van der Waals surface area contributed by atoms with Crippen molar-refractivity contribution in [1.29, 1.82) is 0 Å². The van der Waals surface area contributed by atoms with E-state index in [0.717, 1.165) is 0 Å². The van der Waals surface area contributed by atoms with Crippen molar-refractivity contribution >= 4 is 16.7 Å². The normalized spacial score (nSPS) is 11.8. The van der Waals surface area contributed by atoms with E-state index in [1.807, 2.05) is 0 Å². The van der Waals surface area contributed by atoms with Gasteiger partial charge in [0.15, 0.2) is 0 Å². The van der Waals surface area contributed by atoms with Gasteiger partial charge in [-0.3, -0.25) is 4.79 Å². The van der Waals surface area contributed by atoms with Crippen LogP contribution in [-0.4, -0.2) is 23.6 Å². The molecule has 1 aromatic carbocycles. The largest absolute Gasteiger partial charge is 0.497 e. The Hall–Kier alpha value is -1.98. The Bertz CT molecular complexity index is 614. The van der Waals surface area contributed by atoms with E-state index in [0.29, 0.717) is 11.3 Å². The minimum Gasteiger partial charge on any atom is -0.497 e. The first-order chi connectivity index (χ1) is 8.34. The molecule has 0 aliphatic carbocycles. The summed E-state index contributed by atoms with van der Waals surface area (Å²) >= 11 is 0. The molecule has 1 aromatic heterocycles. The lowest BCUT2D eigenvalue weighted by atomic mass is 10.1. The Morgan fingerprint density at radius 2 is 2.00 bits per heavy atom. The first-order valence-electron chi connectivity index (χ1n) is 5.09. The van der Waals surface area contributed by atoms with Crippen LogP contribution >= 0.6 is 0 Å². The molecule has 6 heteroatoms. The predicted molar refractivity (Wildman–Crippen MR) is 59.9 cm³/mol. The highest BCUT2D eigenvalue weighted by Crippen LogP contribution is 2.30. The third kappa shape index (κ3) is 1.94. The van der Waals surface area contributed by atoms with Crippen LogP contribution < -0.4 is 4.74 Å². The summed E-state index contributed by atoms with van der Waals surface area (Å²) in [5.74, 6) is -1.44. The van der Waals surface area contributed by atoms with Gasteiger partial charge in [0.25, 0.3) is 5.78 Å². The number of nitrogens with zero attached hydrogens (tertiary/aromatic N) is 1. The van der Waals surface area contributed by atoms with Crippen molar-refractivity contribution < 1.29 is 22.7 Å². The zero-order valence-electron chi connectivity index (χ0n) is 9.71. The molecule has 0 saturated heterocycles. The molecule has 3 nitrogen and oxygen atoms in total. The van der Waals surface area contributed by atoms with E-state index >= 15 is 0 Å². The molecule has 0 aliphatic rings. The molecule has 0 saturated carbocycles. The molecular weight excluding hydrogens is 247 g/mol. The molecule has 0 N–H and O–H groups in total. The van der Waals surface area contributed by atoms with Crippen LogP contribution in [0.3, 0.4) is 0 Å². The number of aryl methyl sites for hydroxylation is 1. The number of ether oxygens (including phenoxy) is 1. The van der Waals surface area contributed by atoms with Gasteiger partial charge in [-0.1, -0.05) is 0 Å². The van der Waals surface area contributed by atoms with Crippen molar-refractivity contribution in [2.24, 2.45) is 7.05 Å². The summed E-state index contributed by atoms with van der Waals surface area (Å²) in [4.78, 5) is 11.3. The summed E-state index contributed by atoms with van der Waals surface area (Å²) < 4.78 is 43.8. The maximum atomic E-state index is 12.5. The molecule has 1 heterocycles. The number of benzene rings is 1. The van der Waals surface area contributed by atoms with Crippen molar-refractivity contribution in [3.63, 3.8) is 0 Å². The Morgan fingerprint density at radius 3 is 2.56 bits per heavy atom. The van der Waals surface area contributed by atoms with Gasteiger partial charge < -0.3 is 9.30 Å². The minimum atomic E-state index is -4.88. The number of carbonyl (C=O) groups excluding carboxylic acids is 1. The van der Waals surface area contributed by atoms with Gasteiger partial charge in [0.2, 0.25) is 0 Å². The molecule has 18 heavy (non-hydrogen) atoms. The lowest BCUT2D eigenvalue weighted by Gasteiger charge is -2.04. The number of aromatic nitrogens is 1. The zero-order chi connectivity index (χ0) is 13.5. The fourth-order valence-electron chi connectivity index (χ4n) is 1.83. The molecule has 0 bridgehead atoms. The van der Waals surface area contributed by atoms with Gasteiger partial charge in [-0.25, -0.2) is 0 Å². The average Bonchev–Trinajstić information content (AvgIpc) is 2.64. The molecular formula is C12H10F3NO2. The first-order valence-corrected chi connectivity index (χ1v) is 5.09. The number of fused-ring (bicyclic) bond motifs is 1. The third-order valence-electron chi connectivity index (χ3n) is 2.70. The number of methoxy groups -OCH3 is 1. The standard InChI is InChI=1S/C12H10F3NO2/c1-16-6-9(11(17)12(13,14)15)8-5-7(18-2)3-4-10(8)16/h3-6H,1-2H3. The highest BCUT2D eigenvalue weighted by atomic mass is 19.4. The van der Waals surface area contributed by atoms with Crippen molar-refractivity contribution in [2.75, 3.05) is 7.11 Å². The van der Waals surface area contributed by atoms with Gasteiger partial charge in [-0.15, -0.1) is 0 Å². The molecule has 0 amide bonds. The van der Waals surface area contributed by atoms with Crippen LogP contribution in [0.25, 0.3) is 10.9 Å². The molecule has 96 valence electrons. The summed E-state index contributed by atoms with van der Waals surface area (Å²) in [7, 11) is 3.00. The minimum absolute atomic E-state index is 0.235. The van der Waals surface area contributed by atoms with Crippen LogP contribution in [-0.2, 0) is 7.05 Å². The molecule has 0 unspecified atom stereocenters. The van der Waals surface area contributed by atoms with Crippen LogP contribution in [0, 0.1) is 0 Å². The van der Waals surface area contributed by atoms with E-state index in [4.69, 9.17) is 4.74 Å². The molecule has 2 aromatic rings. The zero-order valence-corrected chi connectivity index (χ0v) is 9.71. The van der Waals surface area contributed by atoms with Crippen LogP contribution in [0.5, 0.6) is 5.75 Å². The van der Waals surface area contributed by atoms with Crippen LogP contribution in [0.15, 0.2) is 24.4 Å². The second-order valence-electron chi connectivity index (χ2n) is 3.86. The Kier molecular flexibility index (Phi) is 2.80. The number of carbonyl (C=O) groups is 1. The molecule has 0 spiro atoms. The SMILES string of the molecule is COc1ccc2c(c1)c(C(=O)C(F)(F)F)cn2C. The lowest BCUT2D eigenvalue weighted by Crippen LogP contribution is -2.22. The highest BCUT2D eigenvalue weighted by molar-refractivity contribution is 6.10. The summed E-state index contributed by atoms with van der Waals surface area (Å²) in [6, 6.07) is 4.67. The maximum absolute atomic E-state index is 12.5. The molecule has 0 aliphatic heterocycles. The predicted octanol–water partition coefficient (Wildman–Crippen LogP) is 2.93. The van der Waals surface area contributed by atoms with Gasteiger partial charge in [-0.2, -0.15) is 13.2 Å². The maximum Gasteiger partial charge on any atom is 0.454 e. The van der Waals surface area contributed by atoms with Gasteiger partial charge >= 0.3 is 6.18 Å². The number of ketones is 1. The second-order valence-corrected chi connectivity index (χ2v) is 3.86. The fourth-order valence-corrected chi connectivity index (χ4v) is 1.83. The van der Waals surface area contributed by atoms with Gasteiger partial charge in [0, 0.05) is 24.1 Å². The molecule has 2 rings (SSSR count). The van der Waals surface area contributed by atoms with Gasteiger partial charge in [0.1, 0.15) is 5.75 Å². The van der Waals surface area contributed by atoms with Crippen LogP contribution in [0.2, 0.25) is 0 Å². The fraction of sp³-hybridized carbons (Fsp3) is 0.250. The molecule has 0 fully saturated rings. The van der Waals surface area contributed by atoms with E-state index in [2.05, 4.69) is 0 Å². The monoisotopic (exact) mass is 257 g/mol.